The van der Waals surface area contributed by atoms with Crippen molar-refractivity contribution in [2.45, 2.75) is 13.8 Å². The molecule has 0 unspecified atom stereocenters. The monoisotopic (exact) mass is 260 g/mol. The van der Waals surface area contributed by atoms with Gasteiger partial charge in [0.15, 0.2) is 10.8 Å². The molecule has 0 aromatic heterocycles. The number of fused-ring (bicyclic) bond motifs is 1. The lowest BCUT2D eigenvalue weighted by Crippen LogP contribution is -2.63. The van der Waals surface area contributed by atoms with Gasteiger partial charge in [-0.25, -0.2) is 0 Å². The zero-order chi connectivity index (χ0) is 14.7. The fourth-order valence-corrected chi connectivity index (χ4v) is 4.49. The lowest BCUT2D eigenvalue weighted by molar-refractivity contribution is -0.00582. The van der Waals surface area contributed by atoms with Crippen LogP contribution in [-0.2, 0) is 0 Å². The van der Waals surface area contributed by atoms with Gasteiger partial charge in [0.05, 0.1) is 24.3 Å². The van der Waals surface area contributed by atoms with E-state index in [0.717, 1.165) is 0 Å². The minimum atomic E-state index is -1.57. The predicted molar refractivity (Wildman–Crippen MR) is 68.8 cm³/mol. The van der Waals surface area contributed by atoms with Crippen LogP contribution in [0.4, 0.5) is 0 Å². The summed E-state index contributed by atoms with van der Waals surface area (Å²) in [5, 5.41) is 38.5. The first-order valence-corrected chi connectivity index (χ1v) is 6.55. The van der Waals surface area contributed by atoms with Gasteiger partial charge >= 0.3 is 0 Å². The SMILES string of the molecule is CC1=C(C)[C@@H]2[C@@H]1[C@H]1C=C[C@H]2C(C#N)(C#N)C1(C#N)C#N. The van der Waals surface area contributed by atoms with E-state index < -0.39 is 10.8 Å². The third kappa shape index (κ3) is 0.911. The van der Waals surface area contributed by atoms with Gasteiger partial charge in [0, 0.05) is 11.8 Å². The molecule has 1 fully saturated rings. The highest BCUT2D eigenvalue weighted by molar-refractivity contribution is 5.52. The van der Waals surface area contributed by atoms with Crippen LogP contribution in [0, 0.1) is 79.8 Å². The molecule has 0 radical (unpaired) electrons. The molecule has 0 heterocycles. The first kappa shape index (κ1) is 12.5. The molecule has 2 bridgehead atoms. The Labute approximate surface area is 117 Å². The molecular weight excluding hydrogens is 248 g/mol. The fourth-order valence-electron chi connectivity index (χ4n) is 4.49. The van der Waals surface area contributed by atoms with E-state index in [1.54, 1.807) is 0 Å². The highest BCUT2D eigenvalue weighted by Crippen LogP contribution is 2.69. The van der Waals surface area contributed by atoms with Crippen LogP contribution in [-0.4, -0.2) is 0 Å². The van der Waals surface area contributed by atoms with Gasteiger partial charge in [0.1, 0.15) is 0 Å². The smallest absolute Gasteiger partial charge is 0.182 e. The third-order valence-electron chi connectivity index (χ3n) is 5.64. The van der Waals surface area contributed by atoms with Gasteiger partial charge in [0.2, 0.25) is 0 Å². The first-order valence-electron chi connectivity index (χ1n) is 6.55. The maximum absolute atomic E-state index is 9.62. The first-order chi connectivity index (χ1) is 9.54. The average Bonchev–Trinajstić information content (AvgIpc) is 2.52. The van der Waals surface area contributed by atoms with E-state index in [4.69, 9.17) is 0 Å². The molecule has 4 heteroatoms. The maximum atomic E-state index is 9.62. The molecule has 0 amide bonds. The van der Waals surface area contributed by atoms with E-state index in [1.807, 2.05) is 50.3 Å². The van der Waals surface area contributed by atoms with Gasteiger partial charge in [-0.15, -0.1) is 0 Å². The van der Waals surface area contributed by atoms with Gasteiger partial charge in [-0.3, -0.25) is 0 Å². The van der Waals surface area contributed by atoms with E-state index in [0.29, 0.717) is 0 Å². The summed E-state index contributed by atoms with van der Waals surface area (Å²) in [4.78, 5) is 0. The Morgan fingerprint density at radius 1 is 0.750 bits per heavy atom. The van der Waals surface area contributed by atoms with E-state index in [9.17, 15) is 21.0 Å². The highest BCUT2D eigenvalue weighted by atomic mass is 14.7. The van der Waals surface area contributed by atoms with Crippen molar-refractivity contribution in [3.8, 4) is 24.3 Å². The second kappa shape index (κ2) is 3.50. The number of hydrogen-bond acceptors (Lipinski definition) is 4. The Balaban J connectivity index is 2.34. The molecule has 4 aliphatic carbocycles. The molecule has 0 N–H and O–H groups in total. The van der Waals surface area contributed by atoms with Crippen LogP contribution in [0.1, 0.15) is 13.8 Å². The van der Waals surface area contributed by atoms with Crippen molar-refractivity contribution in [2.24, 2.45) is 34.5 Å². The van der Waals surface area contributed by atoms with Crippen molar-refractivity contribution in [3.63, 3.8) is 0 Å². The largest absolute Gasteiger partial charge is 0.196 e. The standard InChI is InChI=1S/C16H12N4/c1-9-10(2)14-12-4-3-11(13(9)14)15(5-17,6-18)16(12,7-19)8-20/h3-4,11-14H,1-2H3/t11-,12-,13+,14+/m1/s1. The Bertz CT molecular complexity index is 638. The van der Waals surface area contributed by atoms with Gasteiger partial charge in [-0.1, -0.05) is 23.3 Å². The van der Waals surface area contributed by atoms with E-state index in [-0.39, 0.29) is 23.7 Å². The predicted octanol–water partition coefficient (Wildman–Crippen LogP) is 2.45. The van der Waals surface area contributed by atoms with Crippen molar-refractivity contribution < 1.29 is 0 Å². The molecule has 0 aromatic carbocycles. The normalized spacial score (nSPS) is 37.7. The summed E-state index contributed by atoms with van der Waals surface area (Å²) in [5.74, 6) is -0.482. The number of allylic oxidation sites excluding steroid dienone is 4. The number of hydrogen-bond donors (Lipinski definition) is 0. The van der Waals surface area contributed by atoms with Crippen LogP contribution in [0.2, 0.25) is 0 Å². The molecule has 1 saturated carbocycles. The summed E-state index contributed by atoms with van der Waals surface area (Å²) in [6.45, 7) is 4.04. The van der Waals surface area contributed by atoms with Crippen LogP contribution in [0.3, 0.4) is 0 Å². The number of rotatable bonds is 0. The van der Waals surface area contributed by atoms with Crippen molar-refractivity contribution in [3.05, 3.63) is 23.3 Å². The molecule has 0 aliphatic heterocycles. The molecule has 96 valence electrons. The fraction of sp³-hybridized carbons (Fsp3) is 0.500. The minimum Gasteiger partial charge on any atom is -0.196 e. The molecule has 4 aliphatic rings. The van der Waals surface area contributed by atoms with Crippen LogP contribution in [0.15, 0.2) is 23.3 Å². The second-order valence-corrected chi connectivity index (χ2v) is 5.92. The molecule has 0 saturated heterocycles. The summed E-state index contributed by atoms with van der Waals surface area (Å²) in [6.07, 6.45) is 3.75. The molecule has 4 atom stereocenters. The van der Waals surface area contributed by atoms with Crippen molar-refractivity contribution in [2.75, 3.05) is 0 Å². The highest BCUT2D eigenvalue weighted by Gasteiger charge is 2.73. The Morgan fingerprint density at radius 2 is 1.05 bits per heavy atom. The lowest BCUT2D eigenvalue weighted by atomic mass is 9.36. The number of nitriles is 4. The summed E-state index contributed by atoms with van der Waals surface area (Å²) in [7, 11) is 0. The van der Waals surface area contributed by atoms with Crippen LogP contribution in [0.25, 0.3) is 0 Å². The lowest BCUT2D eigenvalue weighted by Gasteiger charge is -2.61. The molecular formula is C16H12N4. The van der Waals surface area contributed by atoms with Crippen molar-refractivity contribution in [1.29, 1.82) is 21.0 Å². The summed E-state index contributed by atoms with van der Waals surface area (Å²) >= 11 is 0. The molecule has 0 spiro atoms. The zero-order valence-electron chi connectivity index (χ0n) is 11.3. The Kier molecular flexibility index (Phi) is 2.19. The van der Waals surface area contributed by atoms with Crippen molar-refractivity contribution >= 4 is 0 Å². The summed E-state index contributed by atoms with van der Waals surface area (Å²) in [5.41, 5.74) is -0.736. The van der Waals surface area contributed by atoms with Crippen LogP contribution >= 0.6 is 0 Å². The van der Waals surface area contributed by atoms with E-state index in [1.165, 1.54) is 11.1 Å². The second-order valence-electron chi connectivity index (χ2n) is 5.92. The Morgan fingerprint density at radius 3 is 1.30 bits per heavy atom. The maximum Gasteiger partial charge on any atom is 0.182 e. The molecule has 20 heavy (non-hydrogen) atoms. The molecule has 0 aromatic rings. The third-order valence-corrected chi connectivity index (χ3v) is 5.64. The van der Waals surface area contributed by atoms with Crippen molar-refractivity contribution in [1.82, 2.24) is 0 Å². The van der Waals surface area contributed by atoms with Crippen LogP contribution < -0.4 is 0 Å². The average molecular weight is 260 g/mol. The van der Waals surface area contributed by atoms with Gasteiger partial charge in [-0.05, 0) is 25.7 Å². The molecule has 4 rings (SSSR count). The summed E-state index contributed by atoms with van der Waals surface area (Å²) in [6, 6.07) is 8.13. The van der Waals surface area contributed by atoms with E-state index >= 15 is 0 Å². The van der Waals surface area contributed by atoms with E-state index in [2.05, 4.69) is 0 Å². The minimum absolute atomic E-state index is 0.124. The quantitative estimate of drug-likeness (QED) is 0.625. The zero-order valence-corrected chi connectivity index (χ0v) is 11.3. The van der Waals surface area contributed by atoms with Crippen LogP contribution in [0.5, 0.6) is 0 Å². The summed E-state index contributed by atoms with van der Waals surface area (Å²) < 4.78 is 0. The van der Waals surface area contributed by atoms with Gasteiger partial charge < -0.3 is 0 Å². The topological polar surface area (TPSA) is 95.2 Å². The van der Waals surface area contributed by atoms with Gasteiger partial charge in [-0.2, -0.15) is 21.0 Å². The Hall–Kier alpha value is -2.56. The molecule has 4 nitrogen and oxygen atoms in total. The number of nitrogens with zero attached hydrogens (tertiary/aromatic N) is 4. The van der Waals surface area contributed by atoms with Gasteiger partial charge in [0.25, 0.3) is 0 Å².